The van der Waals surface area contributed by atoms with Gasteiger partial charge in [-0.3, -0.25) is 0 Å². The van der Waals surface area contributed by atoms with E-state index < -0.39 is 0 Å². The molecule has 0 atom stereocenters. The van der Waals surface area contributed by atoms with Crippen LogP contribution in [0.3, 0.4) is 0 Å². The summed E-state index contributed by atoms with van der Waals surface area (Å²) < 4.78 is 0. The third-order valence-electron chi connectivity index (χ3n) is 2.85. The van der Waals surface area contributed by atoms with Crippen molar-refractivity contribution in [3.63, 3.8) is 0 Å². The Balaban J connectivity index is 2.14. The molecule has 0 spiro atoms. The van der Waals surface area contributed by atoms with Crippen LogP contribution in [-0.2, 0) is 6.54 Å². The van der Waals surface area contributed by atoms with Gasteiger partial charge in [0.25, 0.3) is 0 Å². The van der Waals surface area contributed by atoms with E-state index in [1.807, 2.05) is 55.6 Å². The lowest BCUT2D eigenvalue weighted by Gasteiger charge is -2.21. The smallest absolute Gasteiger partial charge is 0.0991 e. The van der Waals surface area contributed by atoms with E-state index in [1.165, 1.54) is 0 Å². The first-order valence-electron chi connectivity index (χ1n) is 5.75. The van der Waals surface area contributed by atoms with Crippen molar-refractivity contribution in [3.05, 3.63) is 59.7 Å². The Bertz CT molecular complexity index is 567. The molecule has 2 N–H and O–H groups in total. The van der Waals surface area contributed by atoms with Gasteiger partial charge in [0.15, 0.2) is 0 Å². The molecule has 0 radical (unpaired) electrons. The van der Waals surface area contributed by atoms with E-state index in [-0.39, 0.29) is 0 Å². The largest absolute Gasteiger partial charge is 0.397 e. The van der Waals surface area contributed by atoms with Gasteiger partial charge in [-0.25, -0.2) is 0 Å². The second-order valence-electron chi connectivity index (χ2n) is 4.22. The molecular weight excluding hydrogens is 222 g/mol. The molecule has 0 heterocycles. The summed E-state index contributed by atoms with van der Waals surface area (Å²) in [7, 11) is 2.00. The van der Waals surface area contributed by atoms with Crippen molar-refractivity contribution in [1.82, 2.24) is 0 Å². The van der Waals surface area contributed by atoms with E-state index in [4.69, 9.17) is 11.0 Å². The molecule has 0 saturated heterocycles. The van der Waals surface area contributed by atoms with E-state index >= 15 is 0 Å². The second-order valence-corrected chi connectivity index (χ2v) is 4.22. The zero-order chi connectivity index (χ0) is 13.0. The standard InChI is InChI=1S/C15H15N3/c1-18(15-5-3-2-4-14(15)17)11-13-8-6-12(10-16)7-9-13/h2-9H,11,17H2,1H3. The van der Waals surface area contributed by atoms with Gasteiger partial charge in [0.2, 0.25) is 0 Å². The molecule has 3 heteroatoms. The van der Waals surface area contributed by atoms with Crippen LogP contribution in [0.5, 0.6) is 0 Å². The van der Waals surface area contributed by atoms with Crippen LogP contribution in [0.25, 0.3) is 0 Å². The average molecular weight is 237 g/mol. The van der Waals surface area contributed by atoms with Gasteiger partial charge in [0, 0.05) is 13.6 Å². The Labute approximate surface area is 107 Å². The lowest BCUT2D eigenvalue weighted by Crippen LogP contribution is -2.17. The lowest BCUT2D eigenvalue weighted by molar-refractivity contribution is 0.924. The van der Waals surface area contributed by atoms with Crippen LogP contribution >= 0.6 is 0 Å². The van der Waals surface area contributed by atoms with Crippen LogP contribution in [0.1, 0.15) is 11.1 Å². The summed E-state index contributed by atoms with van der Waals surface area (Å²) in [5.41, 5.74) is 9.56. The highest BCUT2D eigenvalue weighted by Gasteiger charge is 2.05. The lowest BCUT2D eigenvalue weighted by atomic mass is 10.1. The Morgan fingerprint density at radius 3 is 2.39 bits per heavy atom. The van der Waals surface area contributed by atoms with E-state index in [2.05, 4.69) is 11.0 Å². The topological polar surface area (TPSA) is 53.0 Å². The highest BCUT2D eigenvalue weighted by Crippen LogP contribution is 2.22. The van der Waals surface area contributed by atoms with Gasteiger partial charge in [-0.2, -0.15) is 5.26 Å². The van der Waals surface area contributed by atoms with Crippen LogP contribution in [0.2, 0.25) is 0 Å². The summed E-state index contributed by atoms with van der Waals surface area (Å²) in [6, 6.07) is 17.5. The molecule has 0 unspecified atom stereocenters. The van der Waals surface area contributed by atoms with Gasteiger partial charge in [-0.05, 0) is 29.8 Å². The Kier molecular flexibility index (Phi) is 3.49. The van der Waals surface area contributed by atoms with Crippen LogP contribution < -0.4 is 10.6 Å². The van der Waals surface area contributed by atoms with E-state index in [0.717, 1.165) is 23.5 Å². The Hall–Kier alpha value is -2.47. The number of hydrogen-bond donors (Lipinski definition) is 1. The molecule has 0 aliphatic rings. The van der Waals surface area contributed by atoms with Crippen LogP contribution in [0.15, 0.2) is 48.5 Å². The number of nitrogens with two attached hydrogens (primary N) is 1. The number of nitrogen functional groups attached to an aromatic ring is 1. The summed E-state index contributed by atoms with van der Waals surface area (Å²) in [4.78, 5) is 2.09. The molecule has 0 aromatic heterocycles. The fourth-order valence-corrected chi connectivity index (χ4v) is 1.88. The van der Waals surface area contributed by atoms with Gasteiger partial charge < -0.3 is 10.6 Å². The zero-order valence-electron chi connectivity index (χ0n) is 10.3. The molecule has 2 rings (SSSR count). The average Bonchev–Trinajstić information content (AvgIpc) is 2.40. The highest BCUT2D eigenvalue weighted by atomic mass is 15.1. The van der Waals surface area contributed by atoms with E-state index in [9.17, 15) is 0 Å². The van der Waals surface area contributed by atoms with Crippen molar-refractivity contribution in [2.24, 2.45) is 0 Å². The number of para-hydroxylation sites is 2. The van der Waals surface area contributed by atoms with Gasteiger partial charge >= 0.3 is 0 Å². The van der Waals surface area contributed by atoms with Gasteiger partial charge in [0.05, 0.1) is 23.0 Å². The van der Waals surface area contributed by atoms with Crippen molar-refractivity contribution < 1.29 is 0 Å². The summed E-state index contributed by atoms with van der Waals surface area (Å²) in [5.74, 6) is 0. The summed E-state index contributed by atoms with van der Waals surface area (Å²) in [6.07, 6.45) is 0. The van der Waals surface area contributed by atoms with E-state index in [1.54, 1.807) is 0 Å². The maximum Gasteiger partial charge on any atom is 0.0991 e. The summed E-state index contributed by atoms with van der Waals surface area (Å²) >= 11 is 0. The zero-order valence-corrected chi connectivity index (χ0v) is 10.3. The minimum absolute atomic E-state index is 0.681. The molecule has 2 aromatic rings. The molecule has 3 nitrogen and oxygen atoms in total. The molecule has 0 bridgehead atoms. The van der Waals surface area contributed by atoms with Crippen molar-refractivity contribution in [1.29, 1.82) is 5.26 Å². The van der Waals surface area contributed by atoms with Crippen LogP contribution in [0, 0.1) is 11.3 Å². The van der Waals surface area contributed by atoms with Crippen molar-refractivity contribution in [2.75, 3.05) is 17.7 Å². The molecular formula is C15H15N3. The normalized spacial score (nSPS) is 9.78. The van der Waals surface area contributed by atoms with E-state index in [0.29, 0.717) is 5.56 Å². The van der Waals surface area contributed by atoms with Gasteiger partial charge in [0.1, 0.15) is 0 Å². The Morgan fingerprint density at radius 2 is 1.78 bits per heavy atom. The van der Waals surface area contributed by atoms with Crippen molar-refractivity contribution in [2.45, 2.75) is 6.54 Å². The molecule has 0 aliphatic carbocycles. The number of rotatable bonds is 3. The highest BCUT2D eigenvalue weighted by molar-refractivity contribution is 5.66. The molecule has 0 aliphatic heterocycles. The number of nitrogens with zero attached hydrogens (tertiary/aromatic N) is 2. The molecule has 2 aromatic carbocycles. The minimum Gasteiger partial charge on any atom is -0.397 e. The predicted octanol–water partition coefficient (Wildman–Crippen LogP) is 2.78. The fourth-order valence-electron chi connectivity index (χ4n) is 1.88. The summed E-state index contributed by atoms with van der Waals surface area (Å²) in [5, 5.41) is 8.75. The number of benzene rings is 2. The first kappa shape index (κ1) is 12.0. The SMILES string of the molecule is CN(Cc1ccc(C#N)cc1)c1ccccc1N. The molecule has 0 amide bonds. The third kappa shape index (κ3) is 2.61. The molecule has 18 heavy (non-hydrogen) atoms. The molecule has 0 saturated carbocycles. The van der Waals surface area contributed by atoms with Gasteiger partial charge in [-0.1, -0.05) is 24.3 Å². The first-order valence-corrected chi connectivity index (χ1v) is 5.75. The monoisotopic (exact) mass is 237 g/mol. The number of anilines is 2. The fraction of sp³-hybridized carbons (Fsp3) is 0.133. The maximum atomic E-state index is 8.75. The van der Waals surface area contributed by atoms with Crippen molar-refractivity contribution in [3.8, 4) is 6.07 Å². The van der Waals surface area contributed by atoms with Crippen LogP contribution in [0.4, 0.5) is 11.4 Å². The Morgan fingerprint density at radius 1 is 1.11 bits per heavy atom. The number of nitriles is 1. The third-order valence-corrected chi connectivity index (χ3v) is 2.85. The quantitative estimate of drug-likeness (QED) is 0.835. The second kappa shape index (κ2) is 5.24. The summed E-state index contributed by atoms with van der Waals surface area (Å²) in [6.45, 7) is 0.764. The maximum absolute atomic E-state index is 8.75. The minimum atomic E-state index is 0.681. The van der Waals surface area contributed by atoms with Crippen molar-refractivity contribution >= 4 is 11.4 Å². The van der Waals surface area contributed by atoms with Crippen LogP contribution in [-0.4, -0.2) is 7.05 Å². The first-order chi connectivity index (χ1) is 8.70. The molecule has 90 valence electrons. The number of hydrogen-bond acceptors (Lipinski definition) is 3. The molecule has 0 fully saturated rings. The van der Waals surface area contributed by atoms with Gasteiger partial charge in [-0.15, -0.1) is 0 Å². The predicted molar refractivity (Wildman–Crippen MR) is 74.1 cm³/mol.